The lowest BCUT2D eigenvalue weighted by Crippen LogP contribution is -2.21. The number of aryl methyl sites for hydroxylation is 1. The number of aromatic nitrogens is 2. The molecule has 0 aliphatic carbocycles. The van der Waals surface area contributed by atoms with Crippen LogP contribution in [-0.4, -0.2) is 15.7 Å². The van der Waals surface area contributed by atoms with E-state index in [0.29, 0.717) is 29.9 Å². The second-order valence-electron chi connectivity index (χ2n) is 6.33. The van der Waals surface area contributed by atoms with Crippen molar-refractivity contribution in [1.29, 1.82) is 0 Å². The molecule has 3 aromatic rings. The number of hydrogen-bond donors (Lipinski definition) is 1. The van der Waals surface area contributed by atoms with Crippen LogP contribution in [0.25, 0.3) is 5.69 Å². The number of amides is 1. The Balaban J connectivity index is 2.06. The third-order valence-corrected chi connectivity index (χ3v) is 4.35. The second-order valence-corrected chi connectivity index (χ2v) is 6.33. The van der Waals surface area contributed by atoms with Crippen LogP contribution in [0.5, 0.6) is 0 Å². The first kappa shape index (κ1) is 21.4. The smallest absolute Gasteiger partial charge is 0.322 e. The highest BCUT2D eigenvalue weighted by atomic mass is 19.4. The lowest BCUT2D eigenvalue weighted by atomic mass is 10.1. The minimum absolute atomic E-state index is 0.288. The van der Waals surface area contributed by atoms with Gasteiger partial charge in [0.2, 0.25) is 0 Å². The maximum Gasteiger partial charge on any atom is 0.434 e. The second kappa shape index (κ2) is 7.85. The van der Waals surface area contributed by atoms with Gasteiger partial charge in [-0.1, -0.05) is 31.2 Å². The Morgan fingerprint density at radius 3 is 2.33 bits per heavy atom. The van der Waals surface area contributed by atoms with E-state index in [1.54, 1.807) is 24.3 Å². The summed E-state index contributed by atoms with van der Waals surface area (Å²) in [6.45, 7) is 1.82. The van der Waals surface area contributed by atoms with Crippen LogP contribution in [-0.2, 0) is 18.8 Å². The number of rotatable bonds is 4. The fourth-order valence-corrected chi connectivity index (χ4v) is 2.94. The van der Waals surface area contributed by atoms with E-state index in [4.69, 9.17) is 0 Å². The third kappa shape index (κ3) is 4.32. The molecule has 0 aliphatic heterocycles. The van der Waals surface area contributed by atoms with E-state index in [2.05, 4.69) is 10.4 Å². The van der Waals surface area contributed by atoms with Gasteiger partial charge in [0.05, 0.1) is 23.0 Å². The predicted octanol–water partition coefficient (Wildman–Crippen LogP) is 5.72. The van der Waals surface area contributed by atoms with Crippen molar-refractivity contribution in [2.45, 2.75) is 25.7 Å². The molecule has 158 valence electrons. The van der Waals surface area contributed by atoms with E-state index < -0.39 is 40.8 Å². The summed E-state index contributed by atoms with van der Waals surface area (Å²) < 4.78 is 80.4. The van der Waals surface area contributed by atoms with Crippen molar-refractivity contribution < 1.29 is 31.1 Å². The molecule has 4 nitrogen and oxygen atoms in total. The fraction of sp³-hybridized carbons (Fsp3) is 0.200. The summed E-state index contributed by atoms with van der Waals surface area (Å²) in [5.74, 6) is -1.07. The lowest BCUT2D eigenvalue weighted by molar-refractivity contribution is -0.143. The molecule has 0 fully saturated rings. The number of carbonyl (C=O) groups is 1. The largest absolute Gasteiger partial charge is 0.434 e. The maximum absolute atomic E-state index is 13.7. The third-order valence-electron chi connectivity index (χ3n) is 4.35. The molecule has 0 radical (unpaired) electrons. The van der Waals surface area contributed by atoms with Gasteiger partial charge >= 0.3 is 12.4 Å². The minimum Gasteiger partial charge on any atom is -0.322 e. The van der Waals surface area contributed by atoms with Gasteiger partial charge in [-0.2, -0.15) is 31.4 Å². The van der Waals surface area contributed by atoms with Gasteiger partial charge in [-0.15, -0.1) is 0 Å². The summed E-state index contributed by atoms with van der Waals surface area (Å²) >= 11 is 0. The predicted molar refractivity (Wildman–Crippen MR) is 97.3 cm³/mol. The first-order chi connectivity index (χ1) is 14.0. The van der Waals surface area contributed by atoms with Crippen molar-refractivity contribution in [3.63, 3.8) is 0 Å². The molecule has 1 amide bonds. The Morgan fingerprint density at radius 1 is 1.00 bits per heavy atom. The number of carbonyl (C=O) groups excluding carboxylic acids is 1. The molecular weight excluding hydrogens is 412 g/mol. The summed E-state index contributed by atoms with van der Waals surface area (Å²) in [6.07, 6.45) is -8.56. The number of alkyl halides is 6. The SMILES string of the molecule is CCc1ccccc1NC(=O)c1cnn(-c2cccc(C(F)(F)F)c2)c1C(F)(F)F. The summed E-state index contributed by atoms with van der Waals surface area (Å²) in [4.78, 5) is 12.6. The minimum atomic E-state index is -5.04. The topological polar surface area (TPSA) is 46.9 Å². The number of nitrogens with one attached hydrogen (secondary N) is 1. The summed E-state index contributed by atoms with van der Waals surface area (Å²) in [6, 6.07) is 9.88. The van der Waals surface area contributed by atoms with Crippen LogP contribution < -0.4 is 5.32 Å². The standard InChI is InChI=1S/C20H15F6N3O/c1-2-12-6-3-4-9-16(12)28-18(30)15-11-27-29(17(15)20(24,25)26)14-8-5-7-13(10-14)19(21,22)23/h3-11H,2H2,1H3,(H,28,30). The van der Waals surface area contributed by atoms with E-state index in [9.17, 15) is 31.1 Å². The zero-order chi connectivity index (χ0) is 22.1. The van der Waals surface area contributed by atoms with Crippen LogP contribution >= 0.6 is 0 Å². The number of anilines is 1. The zero-order valence-electron chi connectivity index (χ0n) is 15.5. The lowest BCUT2D eigenvalue weighted by Gasteiger charge is -2.15. The van der Waals surface area contributed by atoms with Gasteiger partial charge in [-0.25, -0.2) is 4.68 Å². The van der Waals surface area contributed by atoms with Crippen molar-refractivity contribution in [2.24, 2.45) is 0 Å². The molecule has 0 spiro atoms. The average molecular weight is 427 g/mol. The van der Waals surface area contributed by atoms with Crippen LogP contribution in [0.3, 0.4) is 0 Å². The first-order valence-electron chi connectivity index (χ1n) is 8.74. The molecule has 0 saturated carbocycles. The number of hydrogen-bond acceptors (Lipinski definition) is 2. The zero-order valence-corrected chi connectivity index (χ0v) is 15.5. The highest BCUT2D eigenvalue weighted by Gasteiger charge is 2.41. The Morgan fingerprint density at radius 2 is 1.70 bits per heavy atom. The van der Waals surface area contributed by atoms with Crippen LogP contribution in [0.2, 0.25) is 0 Å². The van der Waals surface area contributed by atoms with E-state index in [-0.39, 0.29) is 4.68 Å². The van der Waals surface area contributed by atoms with Crippen molar-refractivity contribution in [2.75, 3.05) is 5.32 Å². The van der Waals surface area contributed by atoms with Gasteiger partial charge < -0.3 is 5.32 Å². The van der Waals surface area contributed by atoms with Crippen molar-refractivity contribution in [1.82, 2.24) is 9.78 Å². The molecule has 0 atom stereocenters. The fourth-order valence-electron chi connectivity index (χ4n) is 2.94. The normalized spacial score (nSPS) is 12.1. The summed E-state index contributed by atoms with van der Waals surface area (Å²) in [5.41, 5.74) is -2.81. The van der Waals surface area contributed by atoms with E-state index in [1.807, 2.05) is 6.92 Å². The maximum atomic E-state index is 13.7. The molecule has 0 unspecified atom stereocenters. The Bertz CT molecular complexity index is 1070. The molecule has 1 N–H and O–H groups in total. The van der Waals surface area contributed by atoms with Crippen LogP contribution in [0.15, 0.2) is 54.7 Å². The van der Waals surface area contributed by atoms with Gasteiger partial charge in [-0.05, 0) is 36.2 Å². The highest BCUT2D eigenvalue weighted by molar-refractivity contribution is 6.05. The molecule has 2 aromatic carbocycles. The monoisotopic (exact) mass is 427 g/mol. The molecule has 3 rings (SSSR count). The van der Waals surface area contributed by atoms with Crippen LogP contribution in [0.4, 0.5) is 32.0 Å². The van der Waals surface area contributed by atoms with Crippen molar-refractivity contribution >= 4 is 11.6 Å². The number of para-hydroxylation sites is 1. The molecule has 10 heteroatoms. The number of benzene rings is 2. The van der Waals surface area contributed by atoms with Crippen molar-refractivity contribution in [3.8, 4) is 5.69 Å². The molecular formula is C20H15F6N3O. The number of nitrogens with zero attached hydrogens (tertiary/aromatic N) is 2. The summed E-state index contributed by atoms with van der Waals surface area (Å²) in [7, 11) is 0. The molecule has 30 heavy (non-hydrogen) atoms. The summed E-state index contributed by atoms with van der Waals surface area (Å²) in [5, 5.41) is 5.97. The average Bonchev–Trinajstić information content (AvgIpc) is 3.14. The van der Waals surface area contributed by atoms with Gasteiger partial charge in [0.15, 0.2) is 5.69 Å². The first-order valence-corrected chi connectivity index (χ1v) is 8.74. The van der Waals surface area contributed by atoms with Crippen LogP contribution in [0, 0.1) is 0 Å². The van der Waals surface area contributed by atoms with Gasteiger partial charge in [-0.3, -0.25) is 4.79 Å². The molecule has 0 bridgehead atoms. The Labute approximate surface area is 167 Å². The molecule has 0 saturated heterocycles. The molecule has 1 aromatic heterocycles. The number of halogens is 6. The van der Waals surface area contributed by atoms with Gasteiger partial charge in [0.25, 0.3) is 5.91 Å². The van der Waals surface area contributed by atoms with Crippen molar-refractivity contribution in [3.05, 3.63) is 77.1 Å². The Hall–Kier alpha value is -3.30. The van der Waals surface area contributed by atoms with Crippen LogP contribution in [0.1, 0.15) is 34.1 Å². The molecule has 1 heterocycles. The van der Waals surface area contributed by atoms with E-state index >= 15 is 0 Å². The molecule has 0 aliphatic rings. The van der Waals surface area contributed by atoms with E-state index in [0.717, 1.165) is 18.2 Å². The van der Waals surface area contributed by atoms with Gasteiger partial charge in [0.1, 0.15) is 0 Å². The van der Waals surface area contributed by atoms with E-state index in [1.165, 1.54) is 0 Å². The highest BCUT2D eigenvalue weighted by Crippen LogP contribution is 2.36. The quantitative estimate of drug-likeness (QED) is 0.541. The van der Waals surface area contributed by atoms with Gasteiger partial charge in [0, 0.05) is 5.69 Å². The Kier molecular flexibility index (Phi) is 5.60.